The molecular formula is C12H14N4O. The van der Waals surface area contributed by atoms with Gasteiger partial charge < -0.3 is 9.67 Å². The van der Waals surface area contributed by atoms with Gasteiger partial charge in [-0.15, -0.1) is 10.2 Å². The van der Waals surface area contributed by atoms with E-state index < -0.39 is 0 Å². The van der Waals surface area contributed by atoms with E-state index >= 15 is 0 Å². The topological polar surface area (TPSA) is 63.8 Å². The standard InChI is InChI=1S/C12H14N4O/c17-8-9-4-5-11-14-15-12(16(11)7-9)10-3-1-2-6-13-10/h1-3,6,9,17H,4-5,7-8H2. The van der Waals surface area contributed by atoms with Gasteiger partial charge in [0.2, 0.25) is 0 Å². The molecule has 0 saturated heterocycles. The minimum Gasteiger partial charge on any atom is -0.396 e. The molecule has 1 aliphatic heterocycles. The fourth-order valence-corrected chi connectivity index (χ4v) is 2.23. The molecule has 1 atom stereocenters. The highest BCUT2D eigenvalue weighted by atomic mass is 16.3. The molecule has 5 nitrogen and oxygen atoms in total. The molecule has 0 aromatic carbocycles. The Balaban J connectivity index is 2.00. The molecule has 0 bridgehead atoms. The van der Waals surface area contributed by atoms with E-state index in [0.29, 0.717) is 5.92 Å². The Bertz CT molecular complexity index is 508. The lowest BCUT2D eigenvalue weighted by Gasteiger charge is -2.22. The van der Waals surface area contributed by atoms with Crippen molar-refractivity contribution in [2.45, 2.75) is 19.4 Å². The summed E-state index contributed by atoms with van der Waals surface area (Å²) in [5, 5.41) is 17.6. The molecule has 0 aliphatic carbocycles. The monoisotopic (exact) mass is 230 g/mol. The molecule has 3 heterocycles. The van der Waals surface area contributed by atoms with Gasteiger partial charge in [0.1, 0.15) is 11.5 Å². The van der Waals surface area contributed by atoms with E-state index in [9.17, 15) is 5.11 Å². The van der Waals surface area contributed by atoms with Gasteiger partial charge in [-0.1, -0.05) is 6.07 Å². The molecule has 2 aromatic rings. The summed E-state index contributed by atoms with van der Waals surface area (Å²) >= 11 is 0. The molecule has 5 heteroatoms. The maximum absolute atomic E-state index is 9.25. The van der Waals surface area contributed by atoms with Crippen molar-refractivity contribution >= 4 is 0 Å². The number of hydrogen-bond donors (Lipinski definition) is 1. The zero-order valence-corrected chi connectivity index (χ0v) is 9.45. The Hall–Kier alpha value is -1.75. The predicted octanol–water partition coefficient (Wildman–Crippen LogP) is 0.895. The van der Waals surface area contributed by atoms with Crippen molar-refractivity contribution < 1.29 is 5.11 Å². The summed E-state index contributed by atoms with van der Waals surface area (Å²) < 4.78 is 2.08. The second-order valence-electron chi connectivity index (χ2n) is 4.35. The largest absolute Gasteiger partial charge is 0.396 e. The molecule has 0 fully saturated rings. The highest BCUT2D eigenvalue weighted by Gasteiger charge is 2.23. The minimum absolute atomic E-state index is 0.222. The lowest BCUT2D eigenvalue weighted by molar-refractivity contribution is 0.191. The van der Waals surface area contributed by atoms with E-state index in [2.05, 4.69) is 19.7 Å². The molecule has 0 radical (unpaired) electrons. The fraction of sp³-hybridized carbons (Fsp3) is 0.417. The van der Waals surface area contributed by atoms with E-state index in [4.69, 9.17) is 0 Å². The first-order valence-corrected chi connectivity index (χ1v) is 5.83. The number of fused-ring (bicyclic) bond motifs is 1. The third kappa shape index (κ3) is 1.82. The van der Waals surface area contributed by atoms with Crippen molar-refractivity contribution in [3.05, 3.63) is 30.2 Å². The second-order valence-corrected chi connectivity index (χ2v) is 4.35. The summed E-state index contributed by atoms with van der Waals surface area (Å²) in [7, 11) is 0. The molecule has 88 valence electrons. The van der Waals surface area contributed by atoms with Gasteiger partial charge in [-0.3, -0.25) is 4.98 Å². The molecular weight excluding hydrogens is 216 g/mol. The van der Waals surface area contributed by atoms with E-state index in [0.717, 1.165) is 36.7 Å². The Labute approximate surface area is 99.1 Å². The Morgan fingerprint density at radius 1 is 1.35 bits per heavy atom. The number of hydrogen-bond acceptors (Lipinski definition) is 4. The molecule has 1 unspecified atom stereocenters. The van der Waals surface area contributed by atoms with Crippen LogP contribution in [0, 0.1) is 5.92 Å². The van der Waals surface area contributed by atoms with E-state index in [1.54, 1.807) is 6.20 Å². The zero-order chi connectivity index (χ0) is 11.7. The summed E-state index contributed by atoms with van der Waals surface area (Å²) in [5.41, 5.74) is 0.838. The van der Waals surface area contributed by atoms with Crippen LogP contribution in [-0.2, 0) is 13.0 Å². The van der Waals surface area contributed by atoms with Crippen LogP contribution in [0.25, 0.3) is 11.5 Å². The lowest BCUT2D eigenvalue weighted by atomic mass is 10.0. The first-order valence-electron chi connectivity index (χ1n) is 5.83. The second kappa shape index (κ2) is 4.25. The van der Waals surface area contributed by atoms with E-state index in [-0.39, 0.29) is 6.61 Å². The zero-order valence-electron chi connectivity index (χ0n) is 9.45. The quantitative estimate of drug-likeness (QED) is 0.832. The summed E-state index contributed by atoms with van der Waals surface area (Å²) in [5.74, 6) is 2.11. The smallest absolute Gasteiger partial charge is 0.182 e. The summed E-state index contributed by atoms with van der Waals surface area (Å²) in [6.45, 7) is 1.00. The number of aryl methyl sites for hydroxylation is 1. The van der Waals surface area contributed by atoms with Crippen LogP contribution in [0.1, 0.15) is 12.2 Å². The number of aliphatic hydroxyl groups is 1. The molecule has 17 heavy (non-hydrogen) atoms. The van der Waals surface area contributed by atoms with Crippen LogP contribution in [-0.4, -0.2) is 31.5 Å². The van der Waals surface area contributed by atoms with Gasteiger partial charge in [0, 0.05) is 31.7 Å². The Morgan fingerprint density at radius 2 is 2.29 bits per heavy atom. The summed E-state index contributed by atoms with van der Waals surface area (Å²) in [4.78, 5) is 4.29. The summed E-state index contributed by atoms with van der Waals surface area (Å²) in [6.07, 6.45) is 3.62. The number of pyridine rings is 1. The van der Waals surface area contributed by atoms with Gasteiger partial charge in [-0.05, 0) is 18.6 Å². The maximum atomic E-state index is 9.25. The molecule has 0 spiro atoms. The van der Waals surface area contributed by atoms with Crippen LogP contribution in [0.15, 0.2) is 24.4 Å². The van der Waals surface area contributed by atoms with Crippen LogP contribution in [0.3, 0.4) is 0 Å². The molecule has 2 aromatic heterocycles. The molecule has 1 aliphatic rings. The van der Waals surface area contributed by atoms with Crippen LogP contribution >= 0.6 is 0 Å². The van der Waals surface area contributed by atoms with Gasteiger partial charge in [0.15, 0.2) is 5.82 Å². The van der Waals surface area contributed by atoms with Crippen molar-refractivity contribution in [3.8, 4) is 11.5 Å². The van der Waals surface area contributed by atoms with E-state index in [1.165, 1.54) is 0 Å². The number of aliphatic hydroxyl groups excluding tert-OH is 1. The number of aromatic nitrogens is 4. The molecule has 1 N–H and O–H groups in total. The van der Waals surface area contributed by atoms with Crippen molar-refractivity contribution in [2.24, 2.45) is 5.92 Å². The fourth-order valence-electron chi connectivity index (χ4n) is 2.23. The van der Waals surface area contributed by atoms with Crippen molar-refractivity contribution in [3.63, 3.8) is 0 Å². The van der Waals surface area contributed by atoms with Crippen LogP contribution in [0.2, 0.25) is 0 Å². The van der Waals surface area contributed by atoms with Crippen LogP contribution < -0.4 is 0 Å². The third-order valence-electron chi connectivity index (χ3n) is 3.20. The molecule has 0 saturated carbocycles. The highest BCUT2D eigenvalue weighted by Crippen LogP contribution is 2.24. The van der Waals surface area contributed by atoms with E-state index in [1.807, 2.05) is 18.2 Å². The maximum Gasteiger partial charge on any atom is 0.182 e. The average molecular weight is 230 g/mol. The van der Waals surface area contributed by atoms with Crippen molar-refractivity contribution in [1.82, 2.24) is 19.7 Å². The minimum atomic E-state index is 0.222. The van der Waals surface area contributed by atoms with Crippen molar-refractivity contribution in [2.75, 3.05) is 6.61 Å². The van der Waals surface area contributed by atoms with Crippen LogP contribution in [0.5, 0.6) is 0 Å². The van der Waals surface area contributed by atoms with Gasteiger partial charge >= 0.3 is 0 Å². The first-order chi connectivity index (χ1) is 8.38. The lowest BCUT2D eigenvalue weighted by Crippen LogP contribution is -2.23. The molecule has 0 amide bonds. The van der Waals surface area contributed by atoms with Gasteiger partial charge in [0.05, 0.1) is 0 Å². The van der Waals surface area contributed by atoms with Gasteiger partial charge in [0.25, 0.3) is 0 Å². The van der Waals surface area contributed by atoms with Gasteiger partial charge in [-0.2, -0.15) is 0 Å². The predicted molar refractivity (Wildman–Crippen MR) is 62.1 cm³/mol. The Morgan fingerprint density at radius 3 is 3.06 bits per heavy atom. The molecule has 3 rings (SSSR count). The SMILES string of the molecule is OCC1CCc2nnc(-c3ccccn3)n2C1. The van der Waals surface area contributed by atoms with Crippen molar-refractivity contribution in [1.29, 1.82) is 0 Å². The Kier molecular flexibility index (Phi) is 2.60. The van der Waals surface area contributed by atoms with Crippen LogP contribution in [0.4, 0.5) is 0 Å². The van der Waals surface area contributed by atoms with Gasteiger partial charge in [-0.25, -0.2) is 0 Å². The first kappa shape index (κ1) is 10.4. The number of nitrogens with zero attached hydrogens (tertiary/aromatic N) is 4. The normalized spacial score (nSPS) is 19.0. The highest BCUT2D eigenvalue weighted by molar-refractivity contribution is 5.49. The number of rotatable bonds is 2. The summed E-state index contributed by atoms with van der Waals surface area (Å²) in [6, 6.07) is 5.75. The third-order valence-corrected chi connectivity index (χ3v) is 3.20. The average Bonchev–Trinajstić information content (AvgIpc) is 2.82.